The number of rotatable bonds is 4. The van der Waals surface area contributed by atoms with Crippen molar-refractivity contribution in [3.63, 3.8) is 0 Å². The van der Waals surface area contributed by atoms with Gasteiger partial charge in [-0.15, -0.1) is 0 Å². The monoisotopic (exact) mass is 302 g/mol. The molecule has 0 radical (unpaired) electrons. The fourth-order valence-electron chi connectivity index (χ4n) is 2.04. The zero-order valence-electron chi connectivity index (χ0n) is 11.7. The average molecular weight is 302 g/mol. The summed E-state index contributed by atoms with van der Waals surface area (Å²) < 4.78 is 12.4. The standard InChI is InChI=1S/C16H15O4P/c1-11-7-3-5-9-13(11)15(17)21(19,20)16(18)14-10-6-4-8-12(14)2/h3-10H,1-2H3,(H,19,20). The van der Waals surface area contributed by atoms with Crippen LogP contribution >= 0.6 is 7.37 Å². The van der Waals surface area contributed by atoms with E-state index in [1.54, 1.807) is 50.2 Å². The molecule has 4 nitrogen and oxygen atoms in total. The van der Waals surface area contributed by atoms with E-state index in [9.17, 15) is 19.0 Å². The van der Waals surface area contributed by atoms with Crippen molar-refractivity contribution in [2.45, 2.75) is 13.8 Å². The van der Waals surface area contributed by atoms with Crippen LogP contribution in [0.15, 0.2) is 48.5 Å². The third-order valence-corrected chi connectivity index (χ3v) is 4.88. The SMILES string of the molecule is Cc1ccccc1C(=O)P(=O)(O)C(=O)c1ccccc1C. The van der Waals surface area contributed by atoms with E-state index in [-0.39, 0.29) is 11.1 Å². The largest absolute Gasteiger partial charge is 0.337 e. The van der Waals surface area contributed by atoms with Crippen molar-refractivity contribution >= 4 is 18.4 Å². The lowest BCUT2D eigenvalue weighted by atomic mass is 10.1. The minimum Gasteiger partial charge on any atom is -0.333 e. The highest BCUT2D eigenvalue weighted by Crippen LogP contribution is 2.48. The van der Waals surface area contributed by atoms with Crippen molar-refractivity contribution in [3.05, 3.63) is 70.8 Å². The first-order valence-electron chi connectivity index (χ1n) is 6.39. The van der Waals surface area contributed by atoms with Crippen LogP contribution < -0.4 is 0 Å². The Morgan fingerprint density at radius 2 is 1.14 bits per heavy atom. The molecule has 2 aromatic rings. The van der Waals surface area contributed by atoms with E-state index in [0.717, 1.165) is 0 Å². The number of aryl methyl sites for hydroxylation is 2. The molecule has 0 heterocycles. The van der Waals surface area contributed by atoms with Gasteiger partial charge in [0.05, 0.1) is 0 Å². The maximum absolute atomic E-state index is 12.4. The molecule has 0 aliphatic carbocycles. The number of hydrogen-bond donors (Lipinski definition) is 1. The Morgan fingerprint density at radius 1 is 0.810 bits per heavy atom. The van der Waals surface area contributed by atoms with E-state index < -0.39 is 18.4 Å². The van der Waals surface area contributed by atoms with Crippen LogP contribution in [0.25, 0.3) is 0 Å². The van der Waals surface area contributed by atoms with Crippen molar-refractivity contribution < 1.29 is 19.0 Å². The maximum Gasteiger partial charge on any atom is 0.337 e. The second-order valence-corrected chi connectivity index (χ2v) is 6.78. The summed E-state index contributed by atoms with van der Waals surface area (Å²) in [5.74, 6) is 0. The fourth-order valence-corrected chi connectivity index (χ4v) is 3.38. The summed E-state index contributed by atoms with van der Waals surface area (Å²) in [6.07, 6.45) is 0. The summed E-state index contributed by atoms with van der Waals surface area (Å²) in [4.78, 5) is 34.6. The van der Waals surface area contributed by atoms with E-state index in [4.69, 9.17) is 0 Å². The highest BCUT2D eigenvalue weighted by molar-refractivity contribution is 7.91. The molecule has 0 bridgehead atoms. The number of carbonyl (C=O) groups excluding carboxylic acids is 2. The van der Waals surface area contributed by atoms with Crippen molar-refractivity contribution in [1.29, 1.82) is 0 Å². The van der Waals surface area contributed by atoms with Crippen molar-refractivity contribution in [1.82, 2.24) is 0 Å². The van der Waals surface area contributed by atoms with Gasteiger partial charge in [-0.05, 0) is 25.0 Å². The lowest BCUT2D eigenvalue weighted by molar-refractivity contribution is 0.101. The third kappa shape index (κ3) is 2.87. The molecule has 1 N–H and O–H groups in total. The lowest BCUT2D eigenvalue weighted by Gasteiger charge is -2.12. The molecule has 0 aromatic heterocycles. The Morgan fingerprint density at radius 3 is 1.48 bits per heavy atom. The van der Waals surface area contributed by atoms with Gasteiger partial charge in [0.25, 0.3) is 11.0 Å². The van der Waals surface area contributed by atoms with Gasteiger partial charge in [0, 0.05) is 11.1 Å². The van der Waals surface area contributed by atoms with Crippen LogP contribution in [0.5, 0.6) is 0 Å². The van der Waals surface area contributed by atoms with Crippen LogP contribution in [0.1, 0.15) is 31.8 Å². The van der Waals surface area contributed by atoms with Gasteiger partial charge in [-0.2, -0.15) is 0 Å². The summed E-state index contributed by atoms with van der Waals surface area (Å²) in [6.45, 7) is 3.32. The number of hydrogen-bond acceptors (Lipinski definition) is 3. The Balaban J connectivity index is 2.45. The van der Waals surface area contributed by atoms with Crippen LogP contribution in [-0.2, 0) is 4.57 Å². The molecule has 0 amide bonds. The van der Waals surface area contributed by atoms with Crippen LogP contribution in [0, 0.1) is 13.8 Å². The molecule has 0 aliphatic rings. The summed E-state index contributed by atoms with van der Waals surface area (Å²) in [5, 5.41) is 0. The van der Waals surface area contributed by atoms with Gasteiger partial charge in [0.15, 0.2) is 0 Å². The summed E-state index contributed by atoms with van der Waals surface area (Å²) >= 11 is 0. The minimum absolute atomic E-state index is 0.102. The fraction of sp³-hybridized carbons (Fsp3) is 0.125. The molecule has 108 valence electrons. The number of carbonyl (C=O) groups is 2. The Hall–Kier alpha value is -2.03. The van der Waals surface area contributed by atoms with Crippen molar-refractivity contribution in [2.75, 3.05) is 0 Å². The smallest absolute Gasteiger partial charge is 0.333 e. The van der Waals surface area contributed by atoms with E-state index in [1.165, 1.54) is 12.1 Å². The van der Waals surface area contributed by atoms with E-state index >= 15 is 0 Å². The minimum atomic E-state index is -4.65. The number of benzene rings is 2. The predicted octanol–water partition coefficient (Wildman–Crippen LogP) is 3.55. The predicted molar refractivity (Wildman–Crippen MR) is 80.8 cm³/mol. The van der Waals surface area contributed by atoms with E-state index in [1.807, 2.05) is 0 Å². The quantitative estimate of drug-likeness (QED) is 0.877. The molecule has 0 saturated carbocycles. The molecule has 2 rings (SSSR count). The zero-order chi connectivity index (χ0) is 15.6. The van der Waals surface area contributed by atoms with Gasteiger partial charge in [-0.25, -0.2) is 0 Å². The Kier molecular flexibility index (Phi) is 4.21. The molecule has 0 spiro atoms. The molecular weight excluding hydrogens is 287 g/mol. The van der Waals surface area contributed by atoms with Gasteiger partial charge < -0.3 is 4.89 Å². The maximum atomic E-state index is 12.4. The molecule has 21 heavy (non-hydrogen) atoms. The highest BCUT2D eigenvalue weighted by Gasteiger charge is 2.40. The normalized spacial score (nSPS) is 11.2. The molecule has 0 atom stereocenters. The van der Waals surface area contributed by atoms with E-state index in [0.29, 0.717) is 11.1 Å². The van der Waals surface area contributed by atoms with Gasteiger partial charge >= 0.3 is 7.37 Å². The van der Waals surface area contributed by atoms with Gasteiger partial charge in [0.2, 0.25) is 0 Å². The van der Waals surface area contributed by atoms with Crippen LogP contribution in [0.3, 0.4) is 0 Å². The first-order chi connectivity index (χ1) is 9.85. The van der Waals surface area contributed by atoms with Crippen molar-refractivity contribution in [2.24, 2.45) is 0 Å². The van der Waals surface area contributed by atoms with Crippen LogP contribution in [-0.4, -0.2) is 15.9 Å². The summed E-state index contributed by atoms with van der Waals surface area (Å²) in [7, 11) is -4.65. The molecular formula is C16H15O4P. The second-order valence-electron chi connectivity index (χ2n) is 4.82. The molecule has 2 aromatic carbocycles. The highest BCUT2D eigenvalue weighted by atomic mass is 31.2. The van der Waals surface area contributed by atoms with Crippen LogP contribution in [0.4, 0.5) is 0 Å². The first-order valence-corrected chi connectivity index (χ1v) is 8.05. The van der Waals surface area contributed by atoms with Gasteiger partial charge in [0.1, 0.15) is 0 Å². The topological polar surface area (TPSA) is 71.4 Å². The zero-order valence-corrected chi connectivity index (χ0v) is 12.6. The molecule has 0 fully saturated rings. The molecule has 0 aliphatic heterocycles. The Bertz CT molecular complexity index is 703. The lowest BCUT2D eigenvalue weighted by Crippen LogP contribution is -2.12. The van der Waals surface area contributed by atoms with Crippen LogP contribution in [0.2, 0.25) is 0 Å². The molecule has 5 heteroatoms. The molecule has 0 unspecified atom stereocenters. The molecule has 0 saturated heterocycles. The first kappa shape index (κ1) is 15.4. The second kappa shape index (κ2) is 5.76. The Labute approximate surface area is 122 Å². The third-order valence-electron chi connectivity index (χ3n) is 3.30. The van der Waals surface area contributed by atoms with Gasteiger partial charge in [-0.1, -0.05) is 48.5 Å². The summed E-state index contributed by atoms with van der Waals surface area (Å²) in [5.41, 5.74) is -0.707. The van der Waals surface area contributed by atoms with Crippen molar-refractivity contribution in [3.8, 4) is 0 Å². The summed E-state index contributed by atoms with van der Waals surface area (Å²) in [6, 6.07) is 12.8. The average Bonchev–Trinajstić information content (AvgIpc) is 2.47. The van der Waals surface area contributed by atoms with Gasteiger partial charge in [-0.3, -0.25) is 14.2 Å². The van der Waals surface area contributed by atoms with E-state index in [2.05, 4.69) is 0 Å².